The van der Waals surface area contributed by atoms with Crippen LogP contribution in [0.25, 0.3) is 0 Å². The molecule has 0 saturated carbocycles. The Morgan fingerprint density at radius 2 is 1.90 bits per heavy atom. The summed E-state index contributed by atoms with van der Waals surface area (Å²) in [6, 6.07) is 7.90. The van der Waals surface area contributed by atoms with Crippen LogP contribution in [0, 0.1) is 6.92 Å². The van der Waals surface area contributed by atoms with Crippen molar-refractivity contribution in [3.63, 3.8) is 0 Å². The molecule has 2 rings (SSSR count). The molecule has 0 aliphatic carbocycles. The Bertz CT molecular complexity index is 743. The minimum Gasteiger partial charge on any atom is -0.389 e. The molecule has 3 N–H and O–H groups in total. The number of thiocarbonyl (C=S) groups is 1. The van der Waals surface area contributed by atoms with Gasteiger partial charge in [0, 0.05) is 18.0 Å². The van der Waals surface area contributed by atoms with Crippen molar-refractivity contribution >= 4 is 32.9 Å². The lowest BCUT2D eigenvalue weighted by Gasteiger charge is -2.11. The SMILES string of the molecule is Cc1cc(C(N)=S)ccc1S(=O)(=O)Nc1ccncc1. The van der Waals surface area contributed by atoms with Crippen LogP contribution < -0.4 is 10.5 Å². The summed E-state index contributed by atoms with van der Waals surface area (Å²) in [4.78, 5) is 4.26. The first kappa shape index (κ1) is 14.4. The molecule has 0 spiro atoms. The average molecular weight is 307 g/mol. The second-order valence-corrected chi connectivity index (χ2v) is 6.28. The van der Waals surface area contributed by atoms with Gasteiger partial charge in [-0.15, -0.1) is 0 Å². The number of nitrogens with two attached hydrogens (primary N) is 1. The number of nitrogens with zero attached hydrogens (tertiary/aromatic N) is 1. The molecule has 0 bridgehead atoms. The lowest BCUT2D eigenvalue weighted by molar-refractivity contribution is 0.600. The van der Waals surface area contributed by atoms with Gasteiger partial charge in [0.2, 0.25) is 0 Å². The highest BCUT2D eigenvalue weighted by molar-refractivity contribution is 7.92. The average Bonchev–Trinajstić information content (AvgIpc) is 2.38. The van der Waals surface area contributed by atoms with E-state index in [2.05, 4.69) is 9.71 Å². The number of aryl methyl sites for hydroxylation is 1. The van der Waals surface area contributed by atoms with Gasteiger partial charge in [-0.05, 0) is 36.8 Å². The molecule has 0 amide bonds. The van der Waals surface area contributed by atoms with Gasteiger partial charge in [0.25, 0.3) is 10.0 Å². The molecule has 0 fully saturated rings. The van der Waals surface area contributed by atoms with Crippen molar-refractivity contribution in [1.29, 1.82) is 0 Å². The topological polar surface area (TPSA) is 85.1 Å². The summed E-state index contributed by atoms with van der Waals surface area (Å²) in [7, 11) is -3.65. The third kappa shape index (κ3) is 3.12. The van der Waals surface area contributed by atoms with Crippen LogP contribution in [0.15, 0.2) is 47.6 Å². The van der Waals surface area contributed by atoms with Gasteiger partial charge in [-0.25, -0.2) is 8.42 Å². The van der Waals surface area contributed by atoms with Crippen molar-refractivity contribution in [2.24, 2.45) is 5.73 Å². The van der Waals surface area contributed by atoms with E-state index in [0.717, 1.165) is 0 Å². The largest absolute Gasteiger partial charge is 0.389 e. The molecule has 0 unspecified atom stereocenters. The summed E-state index contributed by atoms with van der Waals surface area (Å²) >= 11 is 4.87. The lowest BCUT2D eigenvalue weighted by atomic mass is 10.1. The molecule has 1 aromatic heterocycles. The zero-order valence-electron chi connectivity index (χ0n) is 10.7. The molecule has 0 aliphatic rings. The third-order valence-corrected chi connectivity index (χ3v) is 4.46. The van der Waals surface area contributed by atoms with Crippen LogP contribution in [0.4, 0.5) is 5.69 Å². The number of pyridine rings is 1. The quantitative estimate of drug-likeness (QED) is 0.842. The summed E-state index contributed by atoms with van der Waals surface area (Å²) in [5.74, 6) is 0. The van der Waals surface area contributed by atoms with E-state index < -0.39 is 10.0 Å². The molecule has 0 radical (unpaired) electrons. The molecule has 0 saturated heterocycles. The standard InChI is InChI=1S/C13H13N3O2S2/c1-9-8-10(13(14)19)2-3-12(9)20(17,18)16-11-4-6-15-7-5-11/h2-8H,1H3,(H2,14,19)(H,15,16). The number of anilines is 1. The van der Waals surface area contributed by atoms with Gasteiger partial charge in [-0.2, -0.15) is 0 Å². The number of hydrogen-bond donors (Lipinski definition) is 2. The summed E-state index contributed by atoms with van der Waals surface area (Å²) in [5.41, 5.74) is 7.20. The van der Waals surface area contributed by atoms with Gasteiger partial charge in [0.1, 0.15) is 4.99 Å². The molecule has 0 atom stereocenters. The molecule has 1 aromatic carbocycles. The molecule has 104 valence electrons. The van der Waals surface area contributed by atoms with Crippen LogP contribution in [-0.2, 0) is 10.0 Å². The van der Waals surface area contributed by atoms with Gasteiger partial charge in [0.15, 0.2) is 0 Å². The van der Waals surface area contributed by atoms with Crippen molar-refractivity contribution in [3.8, 4) is 0 Å². The number of rotatable bonds is 4. The first-order valence-corrected chi connectivity index (χ1v) is 7.62. The summed E-state index contributed by atoms with van der Waals surface area (Å²) in [6.07, 6.45) is 3.03. The first-order chi connectivity index (χ1) is 9.40. The molecule has 2 aromatic rings. The highest BCUT2D eigenvalue weighted by Crippen LogP contribution is 2.20. The van der Waals surface area contributed by atoms with Crippen molar-refractivity contribution in [3.05, 3.63) is 53.9 Å². The molecule has 7 heteroatoms. The normalized spacial score (nSPS) is 11.1. The Balaban J connectivity index is 2.37. The zero-order valence-corrected chi connectivity index (χ0v) is 12.3. The van der Waals surface area contributed by atoms with E-state index in [1.54, 1.807) is 31.2 Å². The summed E-state index contributed by atoms with van der Waals surface area (Å²) < 4.78 is 27.1. The highest BCUT2D eigenvalue weighted by atomic mass is 32.2. The minimum atomic E-state index is -3.65. The fourth-order valence-corrected chi connectivity index (χ4v) is 3.15. The fraction of sp³-hybridized carbons (Fsp3) is 0.0769. The maximum atomic E-state index is 12.3. The second kappa shape index (κ2) is 5.56. The van der Waals surface area contributed by atoms with Crippen LogP contribution in [0.3, 0.4) is 0 Å². The van der Waals surface area contributed by atoms with Crippen LogP contribution in [0.2, 0.25) is 0 Å². The maximum absolute atomic E-state index is 12.3. The lowest BCUT2D eigenvalue weighted by Crippen LogP contribution is -2.15. The van der Waals surface area contributed by atoms with E-state index in [9.17, 15) is 8.42 Å². The molecule has 1 heterocycles. The maximum Gasteiger partial charge on any atom is 0.262 e. The van der Waals surface area contributed by atoms with Gasteiger partial charge in [0.05, 0.1) is 10.6 Å². The smallest absolute Gasteiger partial charge is 0.262 e. The Morgan fingerprint density at radius 1 is 1.25 bits per heavy atom. The Kier molecular flexibility index (Phi) is 4.01. The van der Waals surface area contributed by atoms with Crippen LogP contribution >= 0.6 is 12.2 Å². The molecule has 5 nitrogen and oxygen atoms in total. The second-order valence-electron chi connectivity index (χ2n) is 4.19. The van der Waals surface area contributed by atoms with E-state index in [1.807, 2.05) is 0 Å². The van der Waals surface area contributed by atoms with Crippen molar-refractivity contribution in [2.75, 3.05) is 4.72 Å². The van der Waals surface area contributed by atoms with Gasteiger partial charge in [-0.1, -0.05) is 18.3 Å². The van der Waals surface area contributed by atoms with Crippen molar-refractivity contribution in [1.82, 2.24) is 4.98 Å². The summed E-state index contributed by atoms with van der Waals surface area (Å²) in [6.45, 7) is 1.70. The van der Waals surface area contributed by atoms with Crippen molar-refractivity contribution in [2.45, 2.75) is 11.8 Å². The molecule has 0 aliphatic heterocycles. The number of sulfonamides is 1. The predicted molar refractivity (Wildman–Crippen MR) is 82.1 cm³/mol. The van der Waals surface area contributed by atoms with Crippen LogP contribution in [0.5, 0.6) is 0 Å². The van der Waals surface area contributed by atoms with E-state index in [4.69, 9.17) is 18.0 Å². The number of nitrogens with one attached hydrogen (secondary N) is 1. The predicted octanol–water partition coefficient (Wildman–Crippen LogP) is 1.83. The molecular formula is C13H13N3O2S2. The monoisotopic (exact) mass is 307 g/mol. The number of benzene rings is 1. The van der Waals surface area contributed by atoms with Crippen LogP contribution in [0.1, 0.15) is 11.1 Å². The van der Waals surface area contributed by atoms with E-state index in [-0.39, 0.29) is 9.88 Å². The first-order valence-electron chi connectivity index (χ1n) is 5.73. The van der Waals surface area contributed by atoms with Crippen LogP contribution in [-0.4, -0.2) is 18.4 Å². The minimum absolute atomic E-state index is 0.189. The van der Waals surface area contributed by atoms with E-state index in [0.29, 0.717) is 16.8 Å². The van der Waals surface area contributed by atoms with Crippen molar-refractivity contribution < 1.29 is 8.42 Å². The van der Waals surface area contributed by atoms with E-state index in [1.165, 1.54) is 18.5 Å². The third-order valence-electron chi connectivity index (χ3n) is 2.68. The van der Waals surface area contributed by atoms with Gasteiger partial charge < -0.3 is 5.73 Å². The molecule has 20 heavy (non-hydrogen) atoms. The Labute approximate surface area is 122 Å². The van der Waals surface area contributed by atoms with Gasteiger partial charge >= 0.3 is 0 Å². The molecular weight excluding hydrogens is 294 g/mol. The highest BCUT2D eigenvalue weighted by Gasteiger charge is 2.17. The Hall–Kier alpha value is -1.99. The number of hydrogen-bond acceptors (Lipinski definition) is 4. The van der Waals surface area contributed by atoms with Gasteiger partial charge in [-0.3, -0.25) is 9.71 Å². The Morgan fingerprint density at radius 3 is 2.45 bits per heavy atom. The summed E-state index contributed by atoms with van der Waals surface area (Å²) in [5, 5.41) is 0. The zero-order chi connectivity index (χ0) is 14.8. The van der Waals surface area contributed by atoms with E-state index >= 15 is 0 Å². The fourth-order valence-electron chi connectivity index (χ4n) is 1.73. The number of aromatic nitrogens is 1.